The summed E-state index contributed by atoms with van der Waals surface area (Å²) in [5.74, 6) is 0. The Labute approximate surface area is 125 Å². The van der Waals surface area contributed by atoms with E-state index in [1.165, 1.54) is 21.6 Å². The summed E-state index contributed by atoms with van der Waals surface area (Å²) in [7, 11) is 2.11. The molecule has 0 unspecified atom stereocenters. The summed E-state index contributed by atoms with van der Waals surface area (Å²) in [4.78, 5) is 7.36. The monoisotopic (exact) mass is 280 g/mol. The van der Waals surface area contributed by atoms with Gasteiger partial charge in [-0.15, -0.1) is 0 Å². The first-order chi connectivity index (χ1) is 10.3. The van der Waals surface area contributed by atoms with E-state index in [9.17, 15) is 0 Å². The van der Waals surface area contributed by atoms with Crippen molar-refractivity contribution < 1.29 is 9.69 Å². The van der Waals surface area contributed by atoms with Crippen molar-refractivity contribution in [2.75, 3.05) is 13.6 Å². The van der Waals surface area contributed by atoms with Gasteiger partial charge in [0, 0.05) is 18.9 Å². The fraction of sp³-hybridized carbons (Fsp3) is 0.235. The Morgan fingerprint density at radius 2 is 1.81 bits per heavy atom. The second-order valence-corrected chi connectivity index (χ2v) is 5.36. The van der Waals surface area contributed by atoms with Gasteiger partial charge in [0.1, 0.15) is 11.3 Å². The Morgan fingerprint density at radius 3 is 2.48 bits per heavy atom. The van der Waals surface area contributed by atoms with Gasteiger partial charge in [-0.2, -0.15) is 0 Å². The van der Waals surface area contributed by atoms with Gasteiger partial charge in [0.2, 0.25) is 0 Å². The molecule has 0 aromatic carbocycles. The van der Waals surface area contributed by atoms with E-state index in [4.69, 9.17) is 0 Å². The first-order valence-electron chi connectivity index (χ1n) is 7.30. The van der Waals surface area contributed by atoms with E-state index in [0.717, 1.165) is 19.4 Å². The molecule has 0 spiro atoms. The number of hydrogen-bond acceptors (Lipinski definition) is 2. The maximum atomic E-state index is 3.84. The molecule has 4 heteroatoms. The SMILES string of the molecule is C[NH+]1C=CC(=C2C=CN(CCCC3=CN=[N+]=C3)C=C2)C=C1. The Balaban J connectivity index is 1.52. The number of nitrogens with one attached hydrogen (secondary N) is 1. The van der Waals surface area contributed by atoms with Gasteiger partial charge in [0.05, 0.1) is 29.8 Å². The highest BCUT2D eigenvalue weighted by molar-refractivity contribution is 5.74. The molecule has 0 bridgehead atoms. The van der Waals surface area contributed by atoms with Crippen molar-refractivity contribution >= 4 is 6.21 Å². The lowest BCUT2D eigenvalue weighted by atomic mass is 10.0. The summed E-state index contributed by atoms with van der Waals surface area (Å²) < 4.78 is 0. The summed E-state index contributed by atoms with van der Waals surface area (Å²) in [5, 5.41) is 3.84. The van der Waals surface area contributed by atoms with Gasteiger partial charge in [-0.1, -0.05) is 0 Å². The minimum absolute atomic E-state index is 1.01. The number of quaternary nitrogens is 1. The fourth-order valence-electron chi connectivity index (χ4n) is 2.39. The third-order valence-corrected chi connectivity index (χ3v) is 3.67. The smallest absolute Gasteiger partial charge is 0.335 e. The summed E-state index contributed by atoms with van der Waals surface area (Å²) in [5.41, 5.74) is 3.74. The van der Waals surface area contributed by atoms with Crippen LogP contribution >= 0.6 is 0 Å². The minimum Gasteiger partial charge on any atom is -0.354 e. The van der Waals surface area contributed by atoms with Gasteiger partial charge < -0.3 is 4.90 Å². The van der Waals surface area contributed by atoms with Crippen LogP contribution in [0.2, 0.25) is 0 Å². The van der Waals surface area contributed by atoms with Crippen LogP contribution in [0, 0.1) is 0 Å². The van der Waals surface area contributed by atoms with Gasteiger partial charge in [-0.25, -0.2) is 0 Å². The topological polar surface area (TPSA) is 34.1 Å². The van der Waals surface area contributed by atoms with Crippen LogP contribution in [0.5, 0.6) is 0 Å². The number of allylic oxidation sites excluding steroid dienone is 7. The van der Waals surface area contributed by atoms with Gasteiger partial charge >= 0.3 is 6.21 Å². The average Bonchev–Trinajstić information content (AvgIpc) is 3.02. The van der Waals surface area contributed by atoms with Crippen LogP contribution in [-0.2, 0) is 0 Å². The summed E-state index contributed by atoms with van der Waals surface area (Å²) >= 11 is 0. The molecular formula is C17H20N4+2. The van der Waals surface area contributed by atoms with Crippen molar-refractivity contribution in [3.63, 3.8) is 0 Å². The molecule has 0 aromatic rings. The first-order valence-corrected chi connectivity index (χ1v) is 7.30. The molecule has 0 saturated carbocycles. The molecule has 3 aliphatic rings. The lowest BCUT2D eigenvalue weighted by molar-refractivity contribution is -0.766. The molecule has 3 aliphatic heterocycles. The highest BCUT2D eigenvalue weighted by Gasteiger charge is 2.09. The van der Waals surface area contributed by atoms with Crippen LogP contribution in [0.15, 0.2) is 77.1 Å². The molecule has 0 aliphatic carbocycles. The second kappa shape index (κ2) is 6.35. The molecule has 21 heavy (non-hydrogen) atoms. The van der Waals surface area contributed by atoms with Crippen LogP contribution in [-0.4, -0.2) is 29.5 Å². The fourth-order valence-corrected chi connectivity index (χ4v) is 2.39. The zero-order valence-corrected chi connectivity index (χ0v) is 12.2. The zero-order chi connectivity index (χ0) is 14.5. The first kappa shape index (κ1) is 13.6. The van der Waals surface area contributed by atoms with E-state index in [1.54, 1.807) is 0 Å². The van der Waals surface area contributed by atoms with E-state index in [-0.39, 0.29) is 0 Å². The minimum atomic E-state index is 1.01. The summed E-state index contributed by atoms with van der Waals surface area (Å²) in [6.07, 6.45) is 23.1. The van der Waals surface area contributed by atoms with Gasteiger partial charge in [-0.05, 0) is 48.3 Å². The molecule has 0 atom stereocenters. The molecule has 0 fully saturated rings. The van der Waals surface area contributed by atoms with E-state index in [1.807, 2.05) is 12.4 Å². The summed E-state index contributed by atoms with van der Waals surface area (Å²) in [6.45, 7) is 1.01. The highest BCUT2D eigenvalue weighted by Crippen LogP contribution is 2.17. The largest absolute Gasteiger partial charge is 0.354 e. The van der Waals surface area contributed by atoms with Crippen LogP contribution in [0.4, 0.5) is 0 Å². The van der Waals surface area contributed by atoms with E-state index in [0.29, 0.717) is 0 Å². The number of rotatable bonds is 4. The summed E-state index contributed by atoms with van der Waals surface area (Å²) in [6, 6.07) is 0. The molecular weight excluding hydrogens is 260 g/mol. The van der Waals surface area contributed by atoms with Crippen LogP contribution in [0.3, 0.4) is 0 Å². The molecule has 0 amide bonds. The normalized spacial score (nSPS) is 22.6. The third kappa shape index (κ3) is 3.57. The van der Waals surface area contributed by atoms with Crippen molar-refractivity contribution in [1.82, 2.24) is 4.90 Å². The molecule has 4 nitrogen and oxygen atoms in total. The van der Waals surface area contributed by atoms with Crippen LogP contribution in [0.1, 0.15) is 12.8 Å². The van der Waals surface area contributed by atoms with Crippen LogP contribution < -0.4 is 4.90 Å². The second-order valence-electron chi connectivity index (χ2n) is 5.36. The zero-order valence-electron chi connectivity index (χ0n) is 12.2. The van der Waals surface area contributed by atoms with Crippen molar-refractivity contribution in [1.29, 1.82) is 0 Å². The van der Waals surface area contributed by atoms with Crippen molar-refractivity contribution in [2.45, 2.75) is 12.8 Å². The predicted octanol–water partition coefficient (Wildman–Crippen LogP) is 1.59. The maximum absolute atomic E-state index is 3.84. The Bertz CT molecular complexity index is 620. The highest BCUT2D eigenvalue weighted by atomic mass is 15.1. The molecule has 3 rings (SSSR count). The molecule has 0 radical (unpaired) electrons. The van der Waals surface area contributed by atoms with E-state index < -0.39 is 0 Å². The molecule has 3 heterocycles. The molecule has 106 valence electrons. The molecule has 0 saturated heterocycles. The van der Waals surface area contributed by atoms with Gasteiger partial charge in [0.15, 0.2) is 0 Å². The quantitative estimate of drug-likeness (QED) is 0.780. The lowest BCUT2D eigenvalue weighted by Gasteiger charge is -2.19. The van der Waals surface area contributed by atoms with Gasteiger partial charge in [0.25, 0.3) is 0 Å². The standard InChI is InChI=1S/C17H19N4/c1-20-9-4-16(5-10-20)17-6-11-21(12-7-17)8-2-3-15-13-18-19-14-15/h4-7,9-14H,2-3,8H2,1H3/q+1/p+1. The number of hydrogen-bond donors (Lipinski definition) is 1. The van der Waals surface area contributed by atoms with Crippen LogP contribution in [0.25, 0.3) is 0 Å². The van der Waals surface area contributed by atoms with Crippen molar-refractivity contribution in [2.24, 2.45) is 5.11 Å². The number of nitrogens with zero attached hydrogens (tertiary/aromatic N) is 3. The Hall–Kier alpha value is -2.42. The Morgan fingerprint density at radius 1 is 1.10 bits per heavy atom. The average molecular weight is 280 g/mol. The predicted molar refractivity (Wildman–Crippen MR) is 83.2 cm³/mol. The maximum Gasteiger partial charge on any atom is 0.335 e. The molecule has 0 aromatic heterocycles. The van der Waals surface area contributed by atoms with Crippen molar-refractivity contribution in [3.8, 4) is 0 Å². The lowest BCUT2D eigenvalue weighted by Crippen LogP contribution is -2.99. The van der Waals surface area contributed by atoms with E-state index >= 15 is 0 Å². The molecule has 1 N–H and O–H groups in total. The van der Waals surface area contributed by atoms with E-state index in [2.05, 4.69) is 71.0 Å². The third-order valence-electron chi connectivity index (χ3n) is 3.67. The van der Waals surface area contributed by atoms with Crippen molar-refractivity contribution in [3.05, 3.63) is 72.0 Å². The van der Waals surface area contributed by atoms with Gasteiger partial charge in [-0.3, -0.25) is 4.90 Å². The Kier molecular flexibility index (Phi) is 4.10.